The molecule has 0 aromatic heterocycles. The summed E-state index contributed by atoms with van der Waals surface area (Å²) in [7, 11) is 4.81. The zero-order valence-electron chi connectivity index (χ0n) is 8.92. The van der Waals surface area contributed by atoms with Gasteiger partial charge in [0.1, 0.15) is 0 Å². The van der Waals surface area contributed by atoms with Crippen molar-refractivity contribution in [3.8, 4) is 0 Å². The Bertz CT molecular complexity index is 526. The van der Waals surface area contributed by atoms with Crippen LogP contribution in [0.15, 0.2) is 18.2 Å². The zero-order valence-corrected chi connectivity index (χ0v) is 11.3. The SMILES string of the molecule is Cc1cc(C(=O)O)cc(C(=O)O)c1.O=S(=O)(Cl)Cl. The molecule has 0 unspecified atom stereocenters. The summed E-state index contributed by atoms with van der Waals surface area (Å²) < 4.78 is 18.3. The fraction of sp³-hybridized carbons (Fsp3) is 0.111. The molecule has 0 spiro atoms. The summed E-state index contributed by atoms with van der Waals surface area (Å²) >= 11 is 0. The second-order valence-corrected chi connectivity index (χ2v) is 6.74. The molecule has 18 heavy (non-hydrogen) atoms. The van der Waals surface area contributed by atoms with Crippen molar-refractivity contribution in [2.75, 3.05) is 0 Å². The van der Waals surface area contributed by atoms with Gasteiger partial charge in [-0.3, -0.25) is 0 Å². The maximum Gasteiger partial charge on any atom is 0.335 e. The third-order valence-electron chi connectivity index (χ3n) is 1.57. The van der Waals surface area contributed by atoms with Crippen molar-refractivity contribution in [1.82, 2.24) is 0 Å². The number of aromatic carboxylic acids is 2. The first kappa shape index (κ1) is 16.7. The Morgan fingerprint density at radius 1 is 1.00 bits per heavy atom. The lowest BCUT2D eigenvalue weighted by atomic mass is 10.1. The Labute approximate surface area is 112 Å². The van der Waals surface area contributed by atoms with Gasteiger partial charge >= 0.3 is 20.2 Å². The first-order chi connectivity index (χ1) is 8.00. The molecule has 1 aromatic carbocycles. The lowest BCUT2D eigenvalue weighted by Gasteiger charge is -1.99. The van der Waals surface area contributed by atoms with Crippen LogP contribution in [0.1, 0.15) is 26.3 Å². The number of carboxylic acids is 2. The Morgan fingerprint density at radius 2 is 1.28 bits per heavy atom. The van der Waals surface area contributed by atoms with E-state index in [1.165, 1.54) is 12.1 Å². The molecule has 0 radical (unpaired) electrons. The molecule has 9 heteroatoms. The summed E-state index contributed by atoms with van der Waals surface area (Å²) in [4.78, 5) is 21.1. The Hall–Kier alpha value is -1.31. The summed E-state index contributed by atoms with van der Waals surface area (Å²) in [5.41, 5.74) is 0.618. The highest BCUT2D eigenvalue weighted by Crippen LogP contribution is 2.09. The van der Waals surface area contributed by atoms with Crippen LogP contribution in [-0.4, -0.2) is 30.6 Å². The molecule has 0 fully saturated rings. The van der Waals surface area contributed by atoms with Crippen molar-refractivity contribution in [2.45, 2.75) is 6.92 Å². The van der Waals surface area contributed by atoms with Crippen LogP contribution < -0.4 is 0 Å². The molecule has 1 rings (SSSR count). The molecule has 1 aromatic rings. The summed E-state index contributed by atoms with van der Waals surface area (Å²) in [5.74, 6) is -2.24. The number of benzene rings is 1. The molecular formula is C9H8Cl2O6S. The second-order valence-electron chi connectivity index (χ2n) is 3.08. The van der Waals surface area contributed by atoms with Crippen LogP contribution in [0.3, 0.4) is 0 Å². The number of carbonyl (C=O) groups is 2. The van der Waals surface area contributed by atoms with Crippen LogP contribution in [0.5, 0.6) is 0 Å². The first-order valence-electron chi connectivity index (χ1n) is 4.23. The molecule has 0 aliphatic heterocycles. The number of hydrogen-bond acceptors (Lipinski definition) is 4. The van der Waals surface area contributed by atoms with E-state index in [4.69, 9.17) is 18.6 Å². The quantitative estimate of drug-likeness (QED) is 0.809. The van der Waals surface area contributed by atoms with Crippen molar-refractivity contribution < 1.29 is 28.2 Å². The molecule has 0 saturated carbocycles. The molecule has 0 aliphatic rings. The summed E-state index contributed by atoms with van der Waals surface area (Å²) in [6.45, 7) is 1.65. The van der Waals surface area contributed by atoms with Gasteiger partial charge in [-0.1, -0.05) is 0 Å². The van der Waals surface area contributed by atoms with Gasteiger partial charge in [0.15, 0.2) is 0 Å². The highest BCUT2D eigenvalue weighted by atomic mass is 36.0. The minimum absolute atomic E-state index is 0.00241. The number of halogens is 2. The number of aryl methyl sites for hydroxylation is 1. The van der Waals surface area contributed by atoms with Gasteiger partial charge in [0, 0.05) is 21.4 Å². The van der Waals surface area contributed by atoms with Gasteiger partial charge in [-0.25, -0.2) is 9.59 Å². The molecular weight excluding hydrogens is 307 g/mol. The van der Waals surface area contributed by atoms with Gasteiger partial charge in [0.2, 0.25) is 0 Å². The van der Waals surface area contributed by atoms with Crippen LogP contribution >= 0.6 is 21.4 Å². The van der Waals surface area contributed by atoms with Crippen LogP contribution in [0.2, 0.25) is 0 Å². The lowest BCUT2D eigenvalue weighted by Crippen LogP contribution is -2.02. The van der Waals surface area contributed by atoms with Crippen molar-refractivity contribution in [3.05, 3.63) is 34.9 Å². The van der Waals surface area contributed by atoms with Gasteiger partial charge in [-0.15, -0.1) is 0 Å². The van der Waals surface area contributed by atoms with Crippen LogP contribution in [-0.2, 0) is 8.26 Å². The van der Waals surface area contributed by atoms with E-state index in [1.54, 1.807) is 6.92 Å². The number of hydrogen-bond donors (Lipinski definition) is 2. The Kier molecular flexibility index (Phi) is 6.10. The van der Waals surface area contributed by atoms with E-state index in [1.807, 2.05) is 0 Å². The minimum Gasteiger partial charge on any atom is -0.478 e. The largest absolute Gasteiger partial charge is 0.478 e. The highest BCUT2D eigenvalue weighted by molar-refractivity contribution is 8.31. The second kappa shape index (κ2) is 6.58. The van der Waals surface area contributed by atoms with E-state index >= 15 is 0 Å². The molecule has 0 heterocycles. The van der Waals surface area contributed by atoms with Gasteiger partial charge in [0.05, 0.1) is 11.1 Å². The Morgan fingerprint density at radius 3 is 1.50 bits per heavy atom. The molecule has 0 atom stereocenters. The van der Waals surface area contributed by atoms with Crippen LogP contribution in [0.4, 0.5) is 0 Å². The van der Waals surface area contributed by atoms with E-state index < -0.39 is 20.2 Å². The van der Waals surface area contributed by atoms with E-state index in [0.29, 0.717) is 5.56 Å². The maximum atomic E-state index is 10.5. The summed E-state index contributed by atoms with van der Waals surface area (Å²) in [6.07, 6.45) is 0. The van der Waals surface area contributed by atoms with E-state index in [2.05, 4.69) is 21.4 Å². The van der Waals surface area contributed by atoms with E-state index in [-0.39, 0.29) is 11.1 Å². The van der Waals surface area contributed by atoms with Crippen LogP contribution in [0.25, 0.3) is 0 Å². The smallest absolute Gasteiger partial charge is 0.335 e. The molecule has 0 amide bonds. The van der Waals surface area contributed by atoms with E-state index in [9.17, 15) is 9.59 Å². The highest BCUT2D eigenvalue weighted by Gasteiger charge is 2.09. The summed E-state index contributed by atoms with van der Waals surface area (Å²) in [5, 5.41) is 17.2. The third-order valence-corrected chi connectivity index (χ3v) is 1.57. The monoisotopic (exact) mass is 314 g/mol. The standard InChI is InChI=1S/C9H8O4.Cl2O2S/c1-5-2-6(8(10)11)4-7(3-5)9(12)13;1-5(2,3)4/h2-4H,1H3,(H,10,11)(H,12,13);. The zero-order chi connectivity index (χ0) is 14.5. The molecule has 0 saturated heterocycles. The Balaban J connectivity index is 0.000000494. The van der Waals surface area contributed by atoms with Crippen LogP contribution in [0, 0.1) is 6.92 Å². The average molecular weight is 315 g/mol. The molecule has 6 nitrogen and oxygen atoms in total. The predicted octanol–water partition coefficient (Wildman–Crippen LogP) is 2.10. The molecule has 2 N–H and O–H groups in total. The van der Waals surface area contributed by atoms with Crippen molar-refractivity contribution in [3.63, 3.8) is 0 Å². The first-order valence-corrected chi connectivity index (χ1v) is 7.36. The van der Waals surface area contributed by atoms with Gasteiger partial charge in [0.25, 0.3) is 0 Å². The fourth-order valence-corrected chi connectivity index (χ4v) is 1.03. The average Bonchev–Trinajstić information content (AvgIpc) is 2.13. The number of rotatable bonds is 2. The molecule has 100 valence electrons. The predicted molar refractivity (Wildman–Crippen MR) is 65.7 cm³/mol. The molecule has 0 aliphatic carbocycles. The van der Waals surface area contributed by atoms with Gasteiger partial charge in [-0.05, 0) is 30.7 Å². The van der Waals surface area contributed by atoms with Crippen molar-refractivity contribution in [1.29, 1.82) is 0 Å². The lowest BCUT2D eigenvalue weighted by molar-refractivity contribution is 0.0696. The minimum atomic E-state index is -3.72. The van der Waals surface area contributed by atoms with E-state index in [0.717, 1.165) is 6.07 Å². The number of carboxylic acid groups (broad SMARTS) is 2. The van der Waals surface area contributed by atoms with Crippen molar-refractivity contribution >= 4 is 41.6 Å². The topological polar surface area (TPSA) is 109 Å². The normalized spacial score (nSPS) is 10.2. The summed E-state index contributed by atoms with van der Waals surface area (Å²) in [6, 6.07) is 3.99. The molecule has 0 bridgehead atoms. The fourth-order valence-electron chi connectivity index (χ4n) is 1.03. The van der Waals surface area contributed by atoms with Gasteiger partial charge in [-0.2, -0.15) is 8.42 Å². The van der Waals surface area contributed by atoms with Crippen molar-refractivity contribution in [2.24, 2.45) is 0 Å². The maximum absolute atomic E-state index is 10.5. The third kappa shape index (κ3) is 7.88. The van der Waals surface area contributed by atoms with Gasteiger partial charge < -0.3 is 10.2 Å².